The third kappa shape index (κ3) is 6.26. The first-order valence-electron chi connectivity index (χ1n) is 14.7. The lowest BCUT2D eigenvalue weighted by molar-refractivity contribution is 0.272. The number of aromatic hydroxyl groups is 3. The highest BCUT2D eigenvalue weighted by Crippen LogP contribution is 2.28. The number of hydrogen-bond acceptors (Lipinski definition) is 9. The van der Waals surface area contributed by atoms with E-state index in [9.17, 15) is 15.3 Å². The molecule has 3 aromatic heterocycles. The number of fused-ring (bicyclic) bond motifs is 3. The molecule has 0 bridgehead atoms. The van der Waals surface area contributed by atoms with Gasteiger partial charge in [0.2, 0.25) is 0 Å². The predicted octanol–water partition coefficient (Wildman–Crippen LogP) is 5.12. The molecule has 0 atom stereocenters. The summed E-state index contributed by atoms with van der Waals surface area (Å²) in [6, 6.07) is 22.5. The van der Waals surface area contributed by atoms with Crippen molar-refractivity contribution in [2.75, 3.05) is 19.6 Å². The van der Waals surface area contributed by atoms with Crippen LogP contribution in [-0.4, -0.2) is 49.9 Å². The van der Waals surface area contributed by atoms with Gasteiger partial charge in [-0.3, -0.25) is 15.0 Å². The van der Waals surface area contributed by atoms with Crippen LogP contribution in [0.1, 0.15) is 23.6 Å². The number of nitrogens with one attached hydrogen (secondary N) is 3. The molecule has 0 saturated carbocycles. The first-order chi connectivity index (χ1) is 21.4. The van der Waals surface area contributed by atoms with Crippen molar-refractivity contribution >= 4 is 32.7 Å². The Morgan fingerprint density at radius 1 is 0.500 bits per heavy atom. The number of benzene rings is 3. The Balaban J connectivity index is 1.17. The molecule has 44 heavy (non-hydrogen) atoms. The van der Waals surface area contributed by atoms with Gasteiger partial charge in [-0.1, -0.05) is 43.3 Å². The molecule has 0 saturated heterocycles. The zero-order chi connectivity index (χ0) is 30.5. The van der Waals surface area contributed by atoms with Gasteiger partial charge >= 0.3 is 0 Å². The Morgan fingerprint density at radius 2 is 0.818 bits per heavy atom. The number of nitrogens with zero attached hydrogens (tertiary/aromatic N) is 3. The highest BCUT2D eigenvalue weighted by Gasteiger charge is 2.24. The Labute approximate surface area is 255 Å². The molecule has 6 aromatic rings. The summed E-state index contributed by atoms with van der Waals surface area (Å²) in [5.41, 5.74) is 4.82. The average molecular weight is 589 g/mol. The minimum Gasteiger partial charge on any atom is -0.506 e. The van der Waals surface area contributed by atoms with E-state index in [1.807, 2.05) is 54.6 Å². The lowest BCUT2D eigenvalue weighted by Crippen LogP contribution is -2.46. The van der Waals surface area contributed by atoms with Crippen LogP contribution in [0.3, 0.4) is 0 Å². The van der Waals surface area contributed by atoms with Gasteiger partial charge in [0.25, 0.3) is 0 Å². The standard InChI is InChI=1S/C35H36N6O3/c1-35(20-36-17-23-8-11-29(42)32-26(23)5-2-14-39-32,21-37-18-24-9-12-30(43)33-27(24)6-3-15-40-33)22-38-19-25-10-13-31(44)34-28(25)7-4-16-41-34/h2-16,36-38,42-44H,17-22H2,1H3. The van der Waals surface area contributed by atoms with Crippen LogP contribution < -0.4 is 16.0 Å². The van der Waals surface area contributed by atoms with Gasteiger partial charge in [-0.05, 0) is 53.1 Å². The van der Waals surface area contributed by atoms with E-state index < -0.39 is 0 Å². The fraction of sp³-hybridized carbons (Fsp3) is 0.229. The van der Waals surface area contributed by atoms with Crippen molar-refractivity contribution in [3.63, 3.8) is 0 Å². The molecule has 3 aromatic carbocycles. The summed E-state index contributed by atoms with van der Waals surface area (Å²) in [6.45, 7) is 6.26. The molecule has 9 nitrogen and oxygen atoms in total. The van der Waals surface area contributed by atoms with Gasteiger partial charge in [-0.2, -0.15) is 0 Å². The molecule has 0 aliphatic rings. The maximum Gasteiger partial charge on any atom is 0.141 e. The molecule has 6 rings (SSSR count). The molecule has 0 amide bonds. The number of aromatic nitrogens is 3. The molecule has 224 valence electrons. The second kappa shape index (κ2) is 12.8. The Kier molecular flexibility index (Phi) is 8.51. The van der Waals surface area contributed by atoms with E-state index in [4.69, 9.17) is 0 Å². The van der Waals surface area contributed by atoms with Crippen molar-refractivity contribution in [3.8, 4) is 17.2 Å². The predicted molar refractivity (Wildman–Crippen MR) is 173 cm³/mol. The van der Waals surface area contributed by atoms with Crippen molar-refractivity contribution in [2.24, 2.45) is 5.41 Å². The largest absolute Gasteiger partial charge is 0.506 e. The quantitative estimate of drug-likeness (QED) is 0.115. The van der Waals surface area contributed by atoms with Crippen molar-refractivity contribution in [1.29, 1.82) is 0 Å². The number of phenols is 3. The van der Waals surface area contributed by atoms with Crippen LogP contribution in [0.25, 0.3) is 32.7 Å². The molecule has 0 aliphatic heterocycles. The van der Waals surface area contributed by atoms with Crippen molar-refractivity contribution in [3.05, 3.63) is 108 Å². The van der Waals surface area contributed by atoms with E-state index in [-0.39, 0.29) is 22.7 Å². The van der Waals surface area contributed by atoms with Crippen LogP contribution in [0.2, 0.25) is 0 Å². The molecule has 0 radical (unpaired) electrons. The average Bonchev–Trinajstić information content (AvgIpc) is 3.05. The van der Waals surface area contributed by atoms with Crippen LogP contribution in [-0.2, 0) is 19.6 Å². The summed E-state index contributed by atoms with van der Waals surface area (Å²) in [5.74, 6) is 0.532. The molecule has 6 N–H and O–H groups in total. The SMILES string of the molecule is CC(CNCc1ccc(O)c2ncccc12)(CNCc1ccc(O)c2ncccc12)CNCc1ccc(O)c2ncccc12. The maximum atomic E-state index is 10.3. The molecule has 0 fully saturated rings. The molecule has 0 aliphatic carbocycles. The van der Waals surface area contributed by atoms with Gasteiger partial charge in [0, 0.05) is 79.4 Å². The van der Waals surface area contributed by atoms with Crippen molar-refractivity contribution < 1.29 is 15.3 Å². The van der Waals surface area contributed by atoms with E-state index in [0.717, 1.165) is 32.8 Å². The lowest BCUT2D eigenvalue weighted by atomic mass is 9.89. The van der Waals surface area contributed by atoms with Crippen LogP contribution in [0.15, 0.2) is 91.4 Å². The van der Waals surface area contributed by atoms with Gasteiger partial charge in [0.15, 0.2) is 0 Å². The van der Waals surface area contributed by atoms with Crippen molar-refractivity contribution in [1.82, 2.24) is 30.9 Å². The first-order valence-corrected chi connectivity index (χ1v) is 14.7. The second-order valence-electron chi connectivity index (χ2n) is 11.6. The van der Waals surface area contributed by atoms with E-state index in [1.165, 1.54) is 0 Å². The molecule has 9 heteroatoms. The van der Waals surface area contributed by atoms with E-state index in [2.05, 4.69) is 37.8 Å². The van der Waals surface area contributed by atoms with Gasteiger partial charge in [0.1, 0.15) is 33.8 Å². The number of rotatable bonds is 12. The minimum absolute atomic E-state index is 0.177. The van der Waals surface area contributed by atoms with Crippen LogP contribution >= 0.6 is 0 Å². The molecule has 0 spiro atoms. The topological polar surface area (TPSA) is 135 Å². The summed E-state index contributed by atoms with van der Waals surface area (Å²) in [5, 5.41) is 44.5. The van der Waals surface area contributed by atoms with Crippen LogP contribution in [0, 0.1) is 5.41 Å². The first kappa shape index (κ1) is 29.3. The second-order valence-corrected chi connectivity index (χ2v) is 11.6. The van der Waals surface area contributed by atoms with Gasteiger partial charge in [-0.25, -0.2) is 0 Å². The number of pyridine rings is 3. The van der Waals surface area contributed by atoms with Gasteiger partial charge in [0.05, 0.1) is 0 Å². The lowest BCUT2D eigenvalue weighted by Gasteiger charge is -2.31. The summed E-state index contributed by atoms with van der Waals surface area (Å²) < 4.78 is 0. The van der Waals surface area contributed by atoms with E-state index in [1.54, 1.807) is 36.8 Å². The summed E-state index contributed by atoms with van der Waals surface area (Å²) >= 11 is 0. The van der Waals surface area contributed by atoms with Crippen LogP contribution in [0.5, 0.6) is 17.2 Å². The summed E-state index contributed by atoms with van der Waals surface area (Å²) in [4.78, 5) is 13.1. The normalized spacial score (nSPS) is 11.9. The monoisotopic (exact) mass is 588 g/mol. The molecule has 3 heterocycles. The Bertz CT molecular complexity index is 1710. The smallest absolute Gasteiger partial charge is 0.141 e. The third-order valence-electron chi connectivity index (χ3n) is 8.12. The Morgan fingerprint density at radius 3 is 1.14 bits per heavy atom. The zero-order valence-corrected chi connectivity index (χ0v) is 24.6. The van der Waals surface area contributed by atoms with Gasteiger partial charge in [-0.15, -0.1) is 0 Å². The summed E-state index contributed by atoms with van der Waals surface area (Å²) in [7, 11) is 0. The number of hydrogen-bond donors (Lipinski definition) is 6. The minimum atomic E-state index is -0.194. The van der Waals surface area contributed by atoms with Crippen molar-refractivity contribution in [2.45, 2.75) is 26.6 Å². The Hall–Kier alpha value is -4.83. The zero-order valence-electron chi connectivity index (χ0n) is 24.6. The highest BCUT2D eigenvalue weighted by atomic mass is 16.3. The molecular weight excluding hydrogens is 552 g/mol. The fourth-order valence-electron chi connectivity index (χ4n) is 5.80. The number of phenolic OH excluding ortho intramolecular Hbond substituents is 3. The molecule has 0 unspecified atom stereocenters. The van der Waals surface area contributed by atoms with Crippen LogP contribution in [0.4, 0.5) is 0 Å². The van der Waals surface area contributed by atoms with E-state index >= 15 is 0 Å². The summed E-state index contributed by atoms with van der Waals surface area (Å²) in [6.07, 6.45) is 5.07. The third-order valence-corrected chi connectivity index (χ3v) is 8.12. The van der Waals surface area contributed by atoms with E-state index in [0.29, 0.717) is 55.8 Å². The fourth-order valence-corrected chi connectivity index (χ4v) is 5.80. The highest BCUT2D eigenvalue weighted by molar-refractivity contribution is 5.88. The maximum absolute atomic E-state index is 10.3. The molecular formula is C35H36N6O3. The van der Waals surface area contributed by atoms with Gasteiger partial charge < -0.3 is 31.3 Å².